The number of nitrogens with one attached hydrogen (secondary N) is 1. The van der Waals surface area contributed by atoms with Gasteiger partial charge in [0.25, 0.3) is 0 Å². The smallest absolute Gasteiger partial charge is 0.220 e. The number of aliphatic hydroxyl groups excluding tert-OH is 11. The number of carbonyl (C=O) groups is 1. The molecule has 12 N–H and O–H groups in total. The van der Waals surface area contributed by atoms with Crippen LogP contribution in [0.2, 0.25) is 0 Å². The largest absolute Gasteiger partial charge is 0.394 e. The Morgan fingerprint density at radius 1 is 0.440 bits per heavy atom. The third-order valence-corrected chi connectivity index (χ3v) is 14.8. The van der Waals surface area contributed by atoms with E-state index >= 15 is 0 Å². The van der Waals surface area contributed by atoms with Gasteiger partial charge < -0.3 is 89.9 Å². The molecule has 0 aromatic heterocycles. The molecule has 19 heteroatoms. The van der Waals surface area contributed by atoms with Gasteiger partial charge in [0.05, 0.1) is 38.6 Å². The zero-order valence-electron chi connectivity index (χ0n) is 50.1. The lowest BCUT2D eigenvalue weighted by atomic mass is 9.96. The quantitative estimate of drug-likeness (QED) is 0.0235. The SMILES string of the molecule is CC/C=C\C/C=C\C/C=C\C/C=C\C/C=C\C/C=C\C/C=C\C/C=C\CCCCC(=O)NC(COC1OC(CO)C(OC2OC(CO)C(OC3OC(CO)C(O)C(O)C3O)C(O)C2O)C(O)C1O)C(O)/C=C/CCCCCCCCCCCC. The highest BCUT2D eigenvalue weighted by molar-refractivity contribution is 5.76. The van der Waals surface area contributed by atoms with Crippen LogP contribution >= 0.6 is 0 Å². The molecule has 84 heavy (non-hydrogen) atoms. The van der Waals surface area contributed by atoms with Gasteiger partial charge in [-0.2, -0.15) is 0 Å². The van der Waals surface area contributed by atoms with Crippen LogP contribution in [0.5, 0.6) is 0 Å². The van der Waals surface area contributed by atoms with Gasteiger partial charge in [0, 0.05) is 6.42 Å². The van der Waals surface area contributed by atoms with Crippen LogP contribution in [0, 0.1) is 0 Å². The van der Waals surface area contributed by atoms with Crippen molar-refractivity contribution in [2.24, 2.45) is 0 Å². The average Bonchev–Trinajstić information content (AvgIpc) is 2.98. The first kappa shape index (κ1) is 74.7. The Morgan fingerprint density at radius 3 is 1.29 bits per heavy atom. The summed E-state index contributed by atoms with van der Waals surface area (Å²) in [6.07, 6.45) is 33.6. The minimum Gasteiger partial charge on any atom is -0.394 e. The van der Waals surface area contributed by atoms with E-state index in [0.29, 0.717) is 6.42 Å². The zero-order chi connectivity index (χ0) is 61.2. The topological polar surface area (TPSA) is 307 Å². The number of aliphatic hydroxyl groups is 11. The summed E-state index contributed by atoms with van der Waals surface area (Å²) in [5.41, 5.74) is 0. The molecule has 0 saturated carbocycles. The summed E-state index contributed by atoms with van der Waals surface area (Å²) in [7, 11) is 0. The summed E-state index contributed by atoms with van der Waals surface area (Å²) >= 11 is 0. The molecule has 3 fully saturated rings. The highest BCUT2D eigenvalue weighted by atomic mass is 16.8. The first-order valence-electron chi connectivity index (χ1n) is 31.1. The van der Waals surface area contributed by atoms with Crippen molar-refractivity contribution in [1.29, 1.82) is 0 Å². The molecule has 0 bridgehead atoms. The second kappa shape index (κ2) is 46.6. The highest BCUT2D eigenvalue weighted by Gasteiger charge is 2.53. The molecule has 0 radical (unpaired) electrons. The lowest BCUT2D eigenvalue weighted by Gasteiger charge is -2.48. The summed E-state index contributed by atoms with van der Waals surface area (Å²) in [6, 6.07) is -1.00. The average molecular weight is 1190 g/mol. The normalized spacial score (nSPS) is 29.9. The van der Waals surface area contributed by atoms with Gasteiger partial charge in [-0.15, -0.1) is 0 Å². The fraction of sp³-hybridized carbons (Fsp3) is 0.708. The first-order valence-corrected chi connectivity index (χ1v) is 31.1. The van der Waals surface area contributed by atoms with Crippen LogP contribution in [0.25, 0.3) is 0 Å². The number of amides is 1. The van der Waals surface area contributed by atoms with Crippen molar-refractivity contribution in [3.05, 3.63) is 109 Å². The Morgan fingerprint density at radius 2 is 0.821 bits per heavy atom. The maximum Gasteiger partial charge on any atom is 0.220 e. The molecule has 0 aromatic rings. The third-order valence-electron chi connectivity index (χ3n) is 14.8. The van der Waals surface area contributed by atoms with Crippen LogP contribution in [0.15, 0.2) is 109 Å². The maximum absolute atomic E-state index is 13.3. The predicted octanol–water partition coefficient (Wildman–Crippen LogP) is 6.31. The van der Waals surface area contributed by atoms with E-state index in [1.54, 1.807) is 6.08 Å². The van der Waals surface area contributed by atoms with Gasteiger partial charge in [0.15, 0.2) is 18.9 Å². The molecule has 3 heterocycles. The molecule has 17 atom stereocenters. The number of rotatable bonds is 44. The second-order valence-corrected chi connectivity index (χ2v) is 21.8. The van der Waals surface area contributed by atoms with Crippen LogP contribution in [-0.4, -0.2) is 193 Å². The number of unbranched alkanes of at least 4 members (excludes halogenated alkanes) is 12. The number of carbonyl (C=O) groups excluding carboxylic acids is 1. The fourth-order valence-electron chi connectivity index (χ4n) is 9.73. The number of hydrogen-bond acceptors (Lipinski definition) is 18. The Hall–Kier alpha value is -3.55. The van der Waals surface area contributed by atoms with Gasteiger partial charge in [-0.3, -0.25) is 4.79 Å². The fourth-order valence-corrected chi connectivity index (χ4v) is 9.73. The maximum atomic E-state index is 13.3. The Kier molecular flexibility index (Phi) is 41.4. The molecule has 0 aliphatic carbocycles. The lowest BCUT2D eigenvalue weighted by molar-refractivity contribution is -0.379. The van der Waals surface area contributed by atoms with Crippen LogP contribution in [-0.2, 0) is 33.2 Å². The van der Waals surface area contributed by atoms with E-state index in [1.807, 2.05) is 6.08 Å². The molecule has 480 valence electrons. The molecule has 1 amide bonds. The third kappa shape index (κ3) is 29.4. The van der Waals surface area contributed by atoms with E-state index in [1.165, 1.54) is 44.9 Å². The van der Waals surface area contributed by atoms with Crippen molar-refractivity contribution in [2.75, 3.05) is 26.4 Å². The summed E-state index contributed by atoms with van der Waals surface area (Å²) in [6.45, 7) is 1.53. The van der Waals surface area contributed by atoms with E-state index in [0.717, 1.165) is 89.9 Å². The molecule has 0 aromatic carbocycles. The highest BCUT2D eigenvalue weighted by Crippen LogP contribution is 2.33. The van der Waals surface area contributed by atoms with E-state index in [2.05, 4.69) is 116 Å². The monoisotopic (exact) mass is 1190 g/mol. The molecule has 3 saturated heterocycles. The van der Waals surface area contributed by atoms with E-state index < -0.39 is 124 Å². The summed E-state index contributed by atoms with van der Waals surface area (Å²) in [5.74, 6) is -0.325. The van der Waals surface area contributed by atoms with Gasteiger partial charge >= 0.3 is 0 Å². The summed E-state index contributed by atoms with van der Waals surface area (Å²) in [4.78, 5) is 13.3. The molecule has 3 aliphatic heterocycles. The van der Waals surface area contributed by atoms with Crippen molar-refractivity contribution >= 4 is 5.91 Å². The summed E-state index contributed by atoms with van der Waals surface area (Å²) < 4.78 is 34.2. The lowest BCUT2D eigenvalue weighted by Crippen LogP contribution is -2.66. The summed E-state index contributed by atoms with van der Waals surface area (Å²) in [5, 5.41) is 120. The van der Waals surface area contributed by atoms with Crippen molar-refractivity contribution in [2.45, 2.75) is 266 Å². The number of allylic oxidation sites excluding steroid dienone is 17. The molecule has 3 rings (SSSR count). The van der Waals surface area contributed by atoms with E-state index in [4.69, 9.17) is 28.4 Å². The van der Waals surface area contributed by atoms with Crippen molar-refractivity contribution in [1.82, 2.24) is 5.32 Å². The molecule has 0 spiro atoms. The van der Waals surface area contributed by atoms with Crippen molar-refractivity contribution in [3.8, 4) is 0 Å². The second-order valence-electron chi connectivity index (χ2n) is 21.8. The predicted molar refractivity (Wildman–Crippen MR) is 323 cm³/mol. The van der Waals surface area contributed by atoms with Gasteiger partial charge in [0.1, 0.15) is 73.2 Å². The standard InChI is InChI=1S/C65H107NO18/c1-3-5-7-9-11-13-15-17-18-19-20-21-22-23-24-25-26-27-28-29-30-31-33-35-37-39-41-43-53(71)66-48(49(70)42-40-38-36-34-32-16-14-12-10-8-6-4-2)47-79-63-59(77)56(74)61(51(45-68)81-63)84-65-60(78)57(75)62(52(46-69)82-65)83-64-58(76)55(73)54(72)50(44-67)80-64/h5,7,11,13,17-18,20-21,23-24,26-27,29-30,33,35,40,42,48-52,54-65,67-70,72-78H,3-4,6,8-10,12,14-16,19,22,25,28,31-32,34,36-39,41,43-47H2,1-2H3,(H,66,71)/b7-5-,13-11-,18-17-,21-20-,24-23-,27-26-,30-29-,35-33-,42-40+. The van der Waals surface area contributed by atoms with Crippen molar-refractivity contribution in [3.63, 3.8) is 0 Å². The zero-order valence-corrected chi connectivity index (χ0v) is 50.1. The molecule has 19 nitrogen and oxygen atoms in total. The van der Waals surface area contributed by atoms with Crippen LogP contribution in [0.1, 0.15) is 162 Å². The van der Waals surface area contributed by atoms with Gasteiger partial charge in [0.2, 0.25) is 5.91 Å². The molecule has 3 aliphatic rings. The Labute approximate surface area is 500 Å². The van der Waals surface area contributed by atoms with Crippen LogP contribution < -0.4 is 5.32 Å². The van der Waals surface area contributed by atoms with Gasteiger partial charge in [-0.25, -0.2) is 0 Å². The number of hydrogen-bond donors (Lipinski definition) is 12. The van der Waals surface area contributed by atoms with Gasteiger partial charge in [-0.1, -0.05) is 181 Å². The first-order chi connectivity index (χ1) is 40.8. The Balaban J connectivity index is 1.47. The number of ether oxygens (including phenoxy) is 6. The Bertz CT molecular complexity index is 1950. The van der Waals surface area contributed by atoms with Crippen LogP contribution in [0.4, 0.5) is 0 Å². The molecular formula is C65H107NO18. The van der Waals surface area contributed by atoms with E-state index in [9.17, 15) is 61.0 Å². The van der Waals surface area contributed by atoms with Crippen molar-refractivity contribution < 1.29 is 89.4 Å². The van der Waals surface area contributed by atoms with Crippen LogP contribution in [0.3, 0.4) is 0 Å². The van der Waals surface area contributed by atoms with Gasteiger partial charge in [-0.05, 0) is 83.5 Å². The van der Waals surface area contributed by atoms with E-state index in [-0.39, 0.29) is 18.9 Å². The minimum atomic E-state index is -1.99. The molecular weight excluding hydrogens is 1080 g/mol. The molecule has 17 unspecified atom stereocenters. The minimum absolute atomic E-state index is 0.180.